The molecule has 0 amide bonds. The summed E-state index contributed by atoms with van der Waals surface area (Å²) in [4.78, 5) is 13.3. The monoisotopic (exact) mass is 303 g/mol. The summed E-state index contributed by atoms with van der Waals surface area (Å²) >= 11 is 0. The molecular weight excluding hydrogens is 286 g/mol. The average molecular weight is 303 g/mol. The summed E-state index contributed by atoms with van der Waals surface area (Å²) in [6.45, 7) is 1.82. The number of anilines is 3. The van der Waals surface area contributed by atoms with E-state index in [0.717, 1.165) is 22.6 Å². The number of rotatable bonds is 4. The first-order chi connectivity index (χ1) is 11.2. The molecule has 0 aliphatic rings. The highest BCUT2D eigenvalue weighted by molar-refractivity contribution is 5.90. The molecule has 3 nitrogen and oxygen atoms in total. The maximum atomic E-state index is 11.2. The number of aromatic carboxylic acids is 1. The van der Waals surface area contributed by atoms with Gasteiger partial charge in [-0.25, -0.2) is 4.79 Å². The van der Waals surface area contributed by atoms with E-state index in [9.17, 15) is 9.90 Å². The van der Waals surface area contributed by atoms with Crippen molar-refractivity contribution in [2.45, 2.75) is 6.92 Å². The lowest BCUT2D eigenvalue weighted by Crippen LogP contribution is -2.10. The molecule has 1 N–H and O–H groups in total. The minimum Gasteiger partial charge on any atom is -0.478 e. The number of aryl methyl sites for hydroxylation is 1. The number of hydrogen-bond donors (Lipinski definition) is 1. The van der Waals surface area contributed by atoms with Crippen LogP contribution in [-0.2, 0) is 0 Å². The smallest absolute Gasteiger partial charge is 0.335 e. The van der Waals surface area contributed by atoms with Crippen molar-refractivity contribution in [1.29, 1.82) is 0 Å². The highest BCUT2D eigenvalue weighted by Crippen LogP contribution is 2.34. The number of nitrogens with zero attached hydrogens (tertiary/aromatic N) is 1. The van der Waals surface area contributed by atoms with Crippen LogP contribution in [0.2, 0.25) is 0 Å². The van der Waals surface area contributed by atoms with Crippen LogP contribution in [0.1, 0.15) is 15.9 Å². The van der Waals surface area contributed by atoms with Crippen LogP contribution in [0.4, 0.5) is 17.1 Å². The molecule has 0 spiro atoms. The molecule has 0 heterocycles. The van der Waals surface area contributed by atoms with E-state index in [1.54, 1.807) is 6.07 Å². The van der Waals surface area contributed by atoms with Crippen LogP contribution in [0.5, 0.6) is 0 Å². The second-order valence-corrected chi connectivity index (χ2v) is 5.31. The topological polar surface area (TPSA) is 40.5 Å². The van der Waals surface area contributed by atoms with E-state index in [0.29, 0.717) is 5.56 Å². The van der Waals surface area contributed by atoms with Gasteiger partial charge in [-0.15, -0.1) is 0 Å². The van der Waals surface area contributed by atoms with E-state index < -0.39 is 5.97 Å². The number of hydrogen-bond acceptors (Lipinski definition) is 2. The van der Waals surface area contributed by atoms with Crippen LogP contribution in [0.3, 0.4) is 0 Å². The van der Waals surface area contributed by atoms with Gasteiger partial charge in [0.1, 0.15) is 0 Å². The van der Waals surface area contributed by atoms with Crippen molar-refractivity contribution in [1.82, 2.24) is 0 Å². The molecular formula is C20H17NO2. The zero-order valence-electron chi connectivity index (χ0n) is 12.8. The SMILES string of the molecule is Cc1cc(N(c2ccccc2)c2ccccc2)ccc1C(=O)O. The van der Waals surface area contributed by atoms with Crippen molar-refractivity contribution in [3.63, 3.8) is 0 Å². The Morgan fingerprint density at radius 3 is 1.74 bits per heavy atom. The third kappa shape index (κ3) is 3.09. The third-order valence-electron chi connectivity index (χ3n) is 3.73. The molecule has 3 aromatic carbocycles. The Balaban J connectivity index is 2.13. The second kappa shape index (κ2) is 6.36. The van der Waals surface area contributed by atoms with Crippen molar-refractivity contribution < 1.29 is 9.90 Å². The lowest BCUT2D eigenvalue weighted by Gasteiger charge is -2.26. The molecule has 3 aromatic rings. The fourth-order valence-electron chi connectivity index (χ4n) is 2.63. The van der Waals surface area contributed by atoms with Gasteiger partial charge in [0.05, 0.1) is 5.56 Å². The van der Waals surface area contributed by atoms with Crippen LogP contribution >= 0.6 is 0 Å². The quantitative estimate of drug-likeness (QED) is 0.723. The first-order valence-corrected chi connectivity index (χ1v) is 7.41. The van der Waals surface area contributed by atoms with Crippen molar-refractivity contribution in [2.24, 2.45) is 0 Å². The molecule has 0 aliphatic heterocycles. The van der Waals surface area contributed by atoms with Crippen molar-refractivity contribution >= 4 is 23.0 Å². The summed E-state index contributed by atoms with van der Waals surface area (Å²) in [5.74, 6) is -0.903. The summed E-state index contributed by atoms with van der Waals surface area (Å²) in [7, 11) is 0. The van der Waals surface area contributed by atoms with E-state index in [2.05, 4.69) is 4.90 Å². The molecule has 0 saturated carbocycles. The lowest BCUT2D eigenvalue weighted by atomic mass is 10.1. The number of para-hydroxylation sites is 2. The molecule has 0 atom stereocenters. The minimum atomic E-state index is -0.903. The summed E-state index contributed by atoms with van der Waals surface area (Å²) < 4.78 is 0. The average Bonchev–Trinajstić information content (AvgIpc) is 2.57. The predicted octanol–water partition coefficient (Wildman–Crippen LogP) is 5.16. The van der Waals surface area contributed by atoms with Crippen LogP contribution in [0, 0.1) is 6.92 Å². The van der Waals surface area contributed by atoms with Crippen LogP contribution in [0.15, 0.2) is 78.9 Å². The van der Waals surface area contributed by atoms with Crippen molar-refractivity contribution in [3.05, 3.63) is 90.0 Å². The van der Waals surface area contributed by atoms with Crippen molar-refractivity contribution in [3.8, 4) is 0 Å². The Labute approximate surface area is 135 Å². The standard InChI is InChI=1S/C20H17NO2/c1-15-14-18(12-13-19(15)20(22)23)21(16-8-4-2-5-9-16)17-10-6-3-7-11-17/h2-14H,1H3,(H,22,23). The van der Waals surface area contributed by atoms with Gasteiger partial charge < -0.3 is 10.0 Å². The summed E-state index contributed by atoms with van der Waals surface area (Å²) in [5.41, 5.74) is 4.06. The van der Waals surface area contributed by atoms with Gasteiger partial charge in [0.25, 0.3) is 0 Å². The normalized spacial score (nSPS) is 10.3. The zero-order valence-corrected chi connectivity index (χ0v) is 12.8. The molecule has 0 saturated heterocycles. The van der Waals surface area contributed by atoms with E-state index in [1.165, 1.54) is 0 Å². The van der Waals surface area contributed by atoms with Crippen LogP contribution in [0.25, 0.3) is 0 Å². The minimum absolute atomic E-state index is 0.329. The first kappa shape index (κ1) is 14.9. The molecule has 0 aliphatic carbocycles. The highest BCUT2D eigenvalue weighted by Gasteiger charge is 2.14. The van der Waals surface area contributed by atoms with Crippen LogP contribution < -0.4 is 4.90 Å². The molecule has 0 bridgehead atoms. The molecule has 3 heteroatoms. The maximum Gasteiger partial charge on any atom is 0.335 e. The molecule has 0 aromatic heterocycles. The van der Waals surface area contributed by atoms with Gasteiger partial charge >= 0.3 is 5.97 Å². The Bertz CT molecular complexity index is 774. The predicted molar refractivity (Wildman–Crippen MR) is 92.8 cm³/mol. The number of carbonyl (C=O) groups is 1. The van der Waals surface area contributed by atoms with E-state index in [-0.39, 0.29) is 0 Å². The van der Waals surface area contributed by atoms with E-state index >= 15 is 0 Å². The Morgan fingerprint density at radius 1 is 0.783 bits per heavy atom. The molecule has 0 fully saturated rings. The highest BCUT2D eigenvalue weighted by atomic mass is 16.4. The molecule has 114 valence electrons. The number of benzene rings is 3. The fraction of sp³-hybridized carbons (Fsp3) is 0.0500. The first-order valence-electron chi connectivity index (χ1n) is 7.41. The van der Waals surface area contributed by atoms with E-state index in [1.807, 2.05) is 79.7 Å². The Morgan fingerprint density at radius 2 is 1.30 bits per heavy atom. The Hall–Kier alpha value is -3.07. The summed E-state index contributed by atoms with van der Waals surface area (Å²) in [5, 5.41) is 9.22. The van der Waals surface area contributed by atoms with Gasteiger partial charge in [0.15, 0.2) is 0 Å². The second-order valence-electron chi connectivity index (χ2n) is 5.31. The third-order valence-corrected chi connectivity index (χ3v) is 3.73. The van der Waals surface area contributed by atoms with Gasteiger partial charge in [-0.1, -0.05) is 36.4 Å². The van der Waals surface area contributed by atoms with Crippen LogP contribution in [-0.4, -0.2) is 11.1 Å². The summed E-state index contributed by atoms with van der Waals surface area (Å²) in [6, 6.07) is 25.5. The van der Waals surface area contributed by atoms with Gasteiger partial charge in [0, 0.05) is 17.1 Å². The zero-order chi connectivity index (χ0) is 16.2. The maximum absolute atomic E-state index is 11.2. The summed E-state index contributed by atoms with van der Waals surface area (Å²) in [6.07, 6.45) is 0. The van der Waals surface area contributed by atoms with Gasteiger partial charge in [-0.3, -0.25) is 0 Å². The molecule has 0 radical (unpaired) electrons. The largest absolute Gasteiger partial charge is 0.478 e. The molecule has 3 rings (SSSR count). The van der Waals surface area contributed by atoms with Gasteiger partial charge in [0.2, 0.25) is 0 Å². The number of carboxylic acid groups (broad SMARTS) is 1. The van der Waals surface area contributed by atoms with E-state index in [4.69, 9.17) is 0 Å². The lowest BCUT2D eigenvalue weighted by molar-refractivity contribution is 0.0696. The Kier molecular flexibility index (Phi) is 4.11. The fourth-order valence-corrected chi connectivity index (χ4v) is 2.63. The molecule has 23 heavy (non-hydrogen) atoms. The van der Waals surface area contributed by atoms with Gasteiger partial charge in [-0.2, -0.15) is 0 Å². The van der Waals surface area contributed by atoms with Crippen molar-refractivity contribution in [2.75, 3.05) is 4.90 Å². The molecule has 0 unspecified atom stereocenters. The number of carboxylic acids is 1. The van der Waals surface area contributed by atoms with Gasteiger partial charge in [-0.05, 0) is 55.0 Å².